The molecule has 14 heavy (non-hydrogen) atoms. The summed E-state index contributed by atoms with van der Waals surface area (Å²) in [6, 6.07) is 0. The van der Waals surface area contributed by atoms with E-state index >= 15 is 0 Å². The average molecular weight is 305 g/mol. The number of hydrogen-bond acceptors (Lipinski definition) is 0. The van der Waals surface area contributed by atoms with Gasteiger partial charge >= 0.3 is 88.8 Å². The third-order valence-electron chi connectivity index (χ3n) is 2.29. The SMILES string of the molecule is [Cl-].[Cl-].[Zr+2][C]1=C(CC2=CC=CC2)C=CC1. The molecule has 0 saturated heterocycles. The molecule has 73 valence electrons. The first-order chi connectivity index (χ1) is 5.86. The van der Waals surface area contributed by atoms with Crippen molar-refractivity contribution >= 4 is 0 Å². The van der Waals surface area contributed by atoms with Crippen molar-refractivity contribution in [3.63, 3.8) is 0 Å². The predicted octanol–water partition coefficient (Wildman–Crippen LogP) is -2.97. The van der Waals surface area contributed by atoms with Crippen LogP contribution in [0.1, 0.15) is 19.3 Å². The quantitative estimate of drug-likeness (QED) is 0.511. The van der Waals surface area contributed by atoms with Crippen LogP contribution in [0.15, 0.2) is 44.8 Å². The van der Waals surface area contributed by atoms with Gasteiger partial charge in [0.05, 0.1) is 0 Å². The van der Waals surface area contributed by atoms with E-state index in [2.05, 4.69) is 30.4 Å². The van der Waals surface area contributed by atoms with Crippen molar-refractivity contribution < 1.29 is 49.5 Å². The molecule has 2 aliphatic carbocycles. The van der Waals surface area contributed by atoms with Gasteiger partial charge in [-0.3, -0.25) is 0 Å². The van der Waals surface area contributed by atoms with Crippen LogP contribution < -0.4 is 24.8 Å². The van der Waals surface area contributed by atoms with Gasteiger partial charge in [-0.05, 0) is 0 Å². The van der Waals surface area contributed by atoms with E-state index in [1.54, 1.807) is 39.1 Å². The van der Waals surface area contributed by atoms with Crippen molar-refractivity contribution in [3.05, 3.63) is 44.8 Å². The second-order valence-corrected chi connectivity index (χ2v) is 4.73. The molecule has 0 aromatic heterocycles. The van der Waals surface area contributed by atoms with Crippen LogP contribution in [0.2, 0.25) is 0 Å². The Morgan fingerprint density at radius 3 is 2.43 bits per heavy atom. The molecule has 0 atom stereocenters. The van der Waals surface area contributed by atoms with Crippen molar-refractivity contribution in [3.8, 4) is 0 Å². The Morgan fingerprint density at radius 1 is 1.14 bits per heavy atom. The molecule has 2 rings (SSSR count). The number of allylic oxidation sites excluding steroid dienone is 8. The molecule has 2 aliphatic rings. The first kappa shape index (κ1) is 14.4. The van der Waals surface area contributed by atoms with E-state index in [-0.39, 0.29) is 24.8 Å². The molecule has 0 unspecified atom stereocenters. The molecule has 0 saturated carbocycles. The predicted molar refractivity (Wildman–Crippen MR) is 47.2 cm³/mol. The van der Waals surface area contributed by atoms with Crippen molar-refractivity contribution in [1.29, 1.82) is 0 Å². The minimum absolute atomic E-state index is 0. The Balaban J connectivity index is 0.000000845. The topological polar surface area (TPSA) is 0 Å². The second kappa shape index (κ2) is 6.82. The molecule has 0 nitrogen and oxygen atoms in total. The van der Waals surface area contributed by atoms with Crippen LogP contribution in [0.4, 0.5) is 0 Å². The van der Waals surface area contributed by atoms with Crippen molar-refractivity contribution in [2.75, 3.05) is 0 Å². The summed E-state index contributed by atoms with van der Waals surface area (Å²) >= 11 is 1.59. The minimum atomic E-state index is 0. The third kappa shape index (κ3) is 3.53. The van der Waals surface area contributed by atoms with Gasteiger partial charge in [0.2, 0.25) is 0 Å². The second-order valence-electron chi connectivity index (χ2n) is 3.24. The van der Waals surface area contributed by atoms with Gasteiger partial charge < -0.3 is 24.8 Å². The van der Waals surface area contributed by atoms with E-state index in [9.17, 15) is 0 Å². The van der Waals surface area contributed by atoms with E-state index < -0.39 is 0 Å². The van der Waals surface area contributed by atoms with E-state index in [1.807, 2.05) is 0 Å². The molecule has 0 N–H and O–H groups in total. The molecule has 0 fully saturated rings. The molecule has 0 aromatic rings. The Bertz CT molecular complexity index is 311. The third-order valence-corrected chi connectivity index (χ3v) is 3.59. The summed E-state index contributed by atoms with van der Waals surface area (Å²) in [6.45, 7) is 0. The van der Waals surface area contributed by atoms with Gasteiger partial charge in [0.1, 0.15) is 0 Å². The van der Waals surface area contributed by atoms with Crippen molar-refractivity contribution in [2.24, 2.45) is 0 Å². The molecule has 0 spiro atoms. The zero-order valence-electron chi connectivity index (χ0n) is 7.76. The van der Waals surface area contributed by atoms with E-state index in [0.29, 0.717) is 0 Å². The summed E-state index contributed by atoms with van der Waals surface area (Å²) < 4.78 is 1.63. The van der Waals surface area contributed by atoms with Crippen LogP contribution in [0, 0.1) is 0 Å². The van der Waals surface area contributed by atoms with Crippen LogP contribution in [0.3, 0.4) is 0 Å². The monoisotopic (exact) mass is 303 g/mol. The molecular weight excluding hydrogens is 294 g/mol. The fourth-order valence-corrected chi connectivity index (χ4v) is 2.30. The summed E-state index contributed by atoms with van der Waals surface area (Å²) in [5.41, 5.74) is 3.14. The van der Waals surface area contributed by atoms with Crippen LogP contribution in [0.25, 0.3) is 0 Å². The fraction of sp³-hybridized carbons (Fsp3) is 0.273. The zero-order chi connectivity index (χ0) is 8.39. The number of rotatable bonds is 2. The first-order valence-corrected chi connectivity index (χ1v) is 5.54. The van der Waals surface area contributed by atoms with E-state index in [0.717, 1.165) is 0 Å². The van der Waals surface area contributed by atoms with Gasteiger partial charge in [0.25, 0.3) is 0 Å². The van der Waals surface area contributed by atoms with Gasteiger partial charge in [-0.25, -0.2) is 0 Å². The van der Waals surface area contributed by atoms with Gasteiger partial charge in [0, 0.05) is 0 Å². The summed E-state index contributed by atoms with van der Waals surface area (Å²) in [6.07, 6.45) is 14.8. The fourth-order valence-electron chi connectivity index (χ4n) is 1.58. The first-order valence-electron chi connectivity index (χ1n) is 4.31. The normalized spacial score (nSPS) is 18.0. The van der Waals surface area contributed by atoms with Crippen molar-refractivity contribution in [2.45, 2.75) is 19.3 Å². The van der Waals surface area contributed by atoms with E-state index in [1.165, 1.54) is 19.3 Å². The molecule has 0 heterocycles. The maximum absolute atomic E-state index is 2.29. The van der Waals surface area contributed by atoms with Crippen molar-refractivity contribution in [1.82, 2.24) is 0 Å². The van der Waals surface area contributed by atoms with Gasteiger partial charge in [-0.15, -0.1) is 0 Å². The van der Waals surface area contributed by atoms with E-state index in [4.69, 9.17) is 0 Å². The maximum atomic E-state index is 2.29. The Hall–Kier alpha value is 0.423. The van der Waals surface area contributed by atoms with Crippen LogP contribution >= 0.6 is 0 Å². The van der Waals surface area contributed by atoms with Crippen LogP contribution in [-0.4, -0.2) is 0 Å². The number of halogens is 2. The summed E-state index contributed by atoms with van der Waals surface area (Å²) in [4.78, 5) is 0. The Kier molecular flexibility index (Phi) is 7.03. The van der Waals surface area contributed by atoms with Crippen LogP contribution in [-0.2, 0) is 24.7 Å². The summed E-state index contributed by atoms with van der Waals surface area (Å²) in [5, 5.41) is 0. The number of hydrogen-bond donors (Lipinski definition) is 0. The average Bonchev–Trinajstić information content (AvgIpc) is 2.65. The summed E-state index contributed by atoms with van der Waals surface area (Å²) in [7, 11) is 0. The summed E-state index contributed by atoms with van der Waals surface area (Å²) in [5.74, 6) is 0. The molecule has 0 amide bonds. The molecule has 0 aliphatic heterocycles. The molecule has 0 aromatic carbocycles. The molecule has 0 radical (unpaired) electrons. The van der Waals surface area contributed by atoms with Gasteiger partial charge in [-0.2, -0.15) is 0 Å². The molecular formula is C11H11Cl2Zr. The van der Waals surface area contributed by atoms with Crippen LogP contribution in [0.5, 0.6) is 0 Å². The standard InChI is InChI=1S/C11H11.2ClH.Zr/c1-2-6-10(5-1)9-11-7-3-4-8-11;;;/h1-3,5,7H,4,6,9H2;2*1H;/q;;;+2/p-2. The Morgan fingerprint density at radius 2 is 1.93 bits per heavy atom. The zero-order valence-corrected chi connectivity index (χ0v) is 11.7. The molecule has 3 heteroatoms. The molecule has 0 bridgehead atoms. The van der Waals surface area contributed by atoms with Gasteiger partial charge in [0.15, 0.2) is 0 Å². The Labute approximate surface area is 113 Å². The van der Waals surface area contributed by atoms with Gasteiger partial charge in [-0.1, -0.05) is 0 Å².